The lowest BCUT2D eigenvalue weighted by Crippen LogP contribution is -2.24. The molecule has 2 atom stereocenters. The number of phenols is 1. The molecule has 23 heavy (non-hydrogen) atoms. The molecular formula is C18H16BrN3O. The van der Waals surface area contributed by atoms with Crippen molar-refractivity contribution >= 4 is 21.6 Å². The van der Waals surface area contributed by atoms with Crippen LogP contribution in [0.4, 0.5) is 0 Å². The van der Waals surface area contributed by atoms with Gasteiger partial charge in [-0.1, -0.05) is 52.3 Å². The van der Waals surface area contributed by atoms with Crippen LogP contribution in [0.15, 0.2) is 58.1 Å². The van der Waals surface area contributed by atoms with Crippen molar-refractivity contribution in [2.24, 2.45) is 5.10 Å². The highest BCUT2D eigenvalue weighted by molar-refractivity contribution is 9.10. The molecule has 1 N–H and O–H groups in total. The molecule has 4 nitrogen and oxygen atoms in total. The summed E-state index contributed by atoms with van der Waals surface area (Å²) in [5, 5.41) is 26.3. The molecule has 3 rings (SSSR count). The largest absolute Gasteiger partial charge is 0.508 e. The molecule has 0 unspecified atom stereocenters. The summed E-state index contributed by atoms with van der Waals surface area (Å²) in [7, 11) is 0. The number of nitrogens with zero attached hydrogens (tertiary/aromatic N) is 3. The fourth-order valence-electron chi connectivity index (χ4n) is 2.88. The number of hydrogen-bond donors (Lipinski definition) is 1. The van der Waals surface area contributed by atoms with E-state index in [1.165, 1.54) is 0 Å². The van der Waals surface area contributed by atoms with Crippen LogP contribution in [0.1, 0.15) is 36.6 Å². The van der Waals surface area contributed by atoms with E-state index >= 15 is 0 Å². The molecule has 1 heterocycles. The molecule has 2 aromatic rings. The maximum Gasteiger partial charge on any atom is 0.162 e. The summed E-state index contributed by atoms with van der Waals surface area (Å²) in [6, 6.07) is 16.9. The smallest absolute Gasteiger partial charge is 0.162 e. The third-order valence-electron chi connectivity index (χ3n) is 3.95. The predicted molar refractivity (Wildman–Crippen MR) is 92.9 cm³/mol. The Morgan fingerprint density at radius 1 is 1.30 bits per heavy atom. The first-order valence-electron chi connectivity index (χ1n) is 7.35. The quantitative estimate of drug-likeness (QED) is 0.863. The van der Waals surface area contributed by atoms with Crippen LogP contribution < -0.4 is 0 Å². The van der Waals surface area contributed by atoms with Crippen molar-refractivity contribution in [2.45, 2.75) is 25.4 Å². The van der Waals surface area contributed by atoms with Gasteiger partial charge in [-0.15, -0.1) is 0 Å². The fourth-order valence-corrected chi connectivity index (χ4v) is 3.23. The van der Waals surface area contributed by atoms with Crippen molar-refractivity contribution in [3.63, 3.8) is 0 Å². The first kappa shape index (κ1) is 15.6. The second kappa shape index (κ2) is 6.43. The summed E-state index contributed by atoms with van der Waals surface area (Å²) >= 11 is 3.32. The van der Waals surface area contributed by atoms with Crippen LogP contribution in [0.3, 0.4) is 0 Å². The molecule has 0 saturated heterocycles. The molecular weight excluding hydrogens is 354 g/mol. The third kappa shape index (κ3) is 3.08. The minimum absolute atomic E-state index is 0.00361. The molecule has 1 aliphatic rings. The molecule has 5 heteroatoms. The third-order valence-corrected chi connectivity index (χ3v) is 4.45. The van der Waals surface area contributed by atoms with E-state index < -0.39 is 6.04 Å². The number of nitriles is 1. The van der Waals surface area contributed by atoms with E-state index in [1.807, 2.05) is 43.3 Å². The van der Waals surface area contributed by atoms with Crippen molar-refractivity contribution in [1.82, 2.24) is 5.01 Å². The van der Waals surface area contributed by atoms with Crippen molar-refractivity contribution in [1.29, 1.82) is 5.26 Å². The van der Waals surface area contributed by atoms with Crippen molar-refractivity contribution < 1.29 is 5.11 Å². The van der Waals surface area contributed by atoms with Crippen LogP contribution in [-0.4, -0.2) is 15.8 Å². The van der Waals surface area contributed by atoms with Gasteiger partial charge in [0.1, 0.15) is 5.75 Å². The lowest BCUT2D eigenvalue weighted by atomic mass is 9.99. The predicted octanol–water partition coefficient (Wildman–Crippen LogP) is 4.54. The van der Waals surface area contributed by atoms with Crippen LogP contribution in [-0.2, 0) is 0 Å². The molecule has 0 fully saturated rings. The van der Waals surface area contributed by atoms with Gasteiger partial charge in [-0.2, -0.15) is 10.4 Å². The zero-order valence-electron chi connectivity index (χ0n) is 12.6. The van der Waals surface area contributed by atoms with E-state index in [2.05, 4.69) is 27.1 Å². The minimum atomic E-state index is -0.634. The van der Waals surface area contributed by atoms with Gasteiger partial charge >= 0.3 is 0 Å². The van der Waals surface area contributed by atoms with Crippen LogP contribution in [0, 0.1) is 11.3 Å². The summed E-state index contributed by atoms with van der Waals surface area (Å²) in [5.41, 5.74) is 2.66. The Hall–Kier alpha value is -2.32. The maximum atomic E-state index is 10.2. The van der Waals surface area contributed by atoms with E-state index in [-0.39, 0.29) is 11.8 Å². The highest BCUT2D eigenvalue weighted by Gasteiger charge is 2.33. The number of rotatable bonds is 3. The van der Waals surface area contributed by atoms with E-state index in [0.717, 1.165) is 22.2 Å². The Balaban J connectivity index is 2.00. The summed E-state index contributed by atoms with van der Waals surface area (Å²) in [6.45, 7) is 1.96. The van der Waals surface area contributed by atoms with Crippen molar-refractivity contribution in [3.8, 4) is 11.8 Å². The van der Waals surface area contributed by atoms with Gasteiger partial charge in [-0.05, 0) is 24.6 Å². The lowest BCUT2D eigenvalue weighted by molar-refractivity contribution is 0.194. The summed E-state index contributed by atoms with van der Waals surface area (Å²) in [6.07, 6.45) is 0.777. The van der Waals surface area contributed by atoms with Gasteiger partial charge in [0.2, 0.25) is 0 Å². The number of halogens is 1. The molecule has 0 amide bonds. The van der Waals surface area contributed by atoms with Crippen LogP contribution in [0.25, 0.3) is 0 Å². The van der Waals surface area contributed by atoms with Gasteiger partial charge in [-0.25, -0.2) is 0 Å². The summed E-state index contributed by atoms with van der Waals surface area (Å²) in [4.78, 5) is 0. The van der Waals surface area contributed by atoms with Gasteiger partial charge in [0.15, 0.2) is 6.04 Å². The Morgan fingerprint density at radius 3 is 2.70 bits per heavy atom. The first-order valence-corrected chi connectivity index (χ1v) is 8.15. The molecule has 0 spiro atoms. The average molecular weight is 370 g/mol. The first-order chi connectivity index (χ1) is 11.1. The maximum absolute atomic E-state index is 10.2. The van der Waals surface area contributed by atoms with Gasteiger partial charge in [0.25, 0.3) is 0 Å². The second-order valence-electron chi connectivity index (χ2n) is 5.58. The Kier molecular flexibility index (Phi) is 4.35. The van der Waals surface area contributed by atoms with E-state index in [9.17, 15) is 10.4 Å². The highest BCUT2D eigenvalue weighted by Crippen LogP contribution is 2.40. The number of hydrogen-bond acceptors (Lipinski definition) is 4. The number of aromatic hydroxyl groups is 1. The van der Waals surface area contributed by atoms with Crippen molar-refractivity contribution in [2.75, 3.05) is 0 Å². The SMILES string of the molecule is CC1=NN([C@H](C#N)c2ccc(Br)cc2O)[C@H](c2ccccc2)C1. The van der Waals surface area contributed by atoms with Crippen LogP contribution in [0.5, 0.6) is 5.75 Å². The number of phenolic OH excluding ortho intramolecular Hbond substituents is 1. The fraction of sp³-hybridized carbons (Fsp3) is 0.222. The normalized spacial score (nSPS) is 18.4. The molecule has 0 aliphatic carbocycles. The second-order valence-corrected chi connectivity index (χ2v) is 6.50. The highest BCUT2D eigenvalue weighted by atomic mass is 79.9. The number of benzene rings is 2. The standard InChI is InChI=1S/C18H16BrN3O/c1-12-9-16(13-5-3-2-4-6-13)22(21-12)17(11-20)15-8-7-14(19)10-18(15)23/h2-8,10,16-17,23H,9H2,1H3/t16-,17+/m0/s1. The molecule has 0 aromatic heterocycles. The van der Waals surface area contributed by atoms with E-state index in [0.29, 0.717) is 5.56 Å². The Bertz CT molecular complexity index is 783. The Morgan fingerprint density at radius 2 is 2.04 bits per heavy atom. The molecule has 116 valence electrons. The van der Waals surface area contributed by atoms with Gasteiger partial charge in [0.05, 0.1) is 12.1 Å². The molecule has 2 aromatic carbocycles. The summed E-state index contributed by atoms with van der Waals surface area (Å²) < 4.78 is 0.774. The lowest BCUT2D eigenvalue weighted by Gasteiger charge is -2.28. The molecule has 0 bridgehead atoms. The topological polar surface area (TPSA) is 59.6 Å². The van der Waals surface area contributed by atoms with Gasteiger partial charge in [-0.3, -0.25) is 5.01 Å². The minimum Gasteiger partial charge on any atom is -0.508 e. The van der Waals surface area contributed by atoms with Crippen LogP contribution in [0.2, 0.25) is 0 Å². The summed E-state index contributed by atoms with van der Waals surface area (Å²) in [5.74, 6) is 0.0949. The van der Waals surface area contributed by atoms with Crippen molar-refractivity contribution in [3.05, 3.63) is 64.1 Å². The van der Waals surface area contributed by atoms with Crippen LogP contribution >= 0.6 is 15.9 Å². The zero-order valence-corrected chi connectivity index (χ0v) is 14.2. The van der Waals surface area contributed by atoms with Gasteiger partial charge < -0.3 is 5.11 Å². The Labute approximate surface area is 143 Å². The number of hydrazone groups is 1. The molecule has 0 saturated carbocycles. The monoisotopic (exact) mass is 369 g/mol. The zero-order chi connectivity index (χ0) is 16.4. The average Bonchev–Trinajstić information content (AvgIpc) is 2.93. The van der Waals surface area contributed by atoms with Gasteiger partial charge in [0, 0.05) is 22.2 Å². The van der Waals surface area contributed by atoms with E-state index in [1.54, 1.807) is 17.1 Å². The molecule has 1 aliphatic heterocycles. The molecule has 0 radical (unpaired) electrons. The van der Waals surface area contributed by atoms with E-state index in [4.69, 9.17) is 0 Å².